The quantitative estimate of drug-likeness (QED) is 0.603. The van der Waals surface area contributed by atoms with Crippen LogP contribution in [0.2, 0.25) is 0 Å². The first-order chi connectivity index (χ1) is 8.04. The Morgan fingerprint density at radius 2 is 2.18 bits per heavy atom. The number of methoxy groups -OCH3 is 1. The van der Waals surface area contributed by atoms with E-state index in [1.165, 1.54) is 13.2 Å². The number of likely N-dealkylation sites (N-methyl/N-ethyl adjacent to an activating group) is 1. The third kappa shape index (κ3) is 3.92. The van der Waals surface area contributed by atoms with Gasteiger partial charge in [0.05, 0.1) is 12.0 Å². The zero-order chi connectivity index (χ0) is 12.8. The van der Waals surface area contributed by atoms with Gasteiger partial charge in [-0.05, 0) is 20.2 Å². The minimum absolute atomic E-state index is 0.0598. The third-order valence-electron chi connectivity index (χ3n) is 2.27. The van der Waals surface area contributed by atoms with Gasteiger partial charge in [-0.15, -0.1) is 0 Å². The third-order valence-corrected chi connectivity index (χ3v) is 2.27. The number of nitrogens with one attached hydrogen (secondary N) is 1. The Kier molecular flexibility index (Phi) is 4.71. The fourth-order valence-electron chi connectivity index (χ4n) is 1.36. The van der Waals surface area contributed by atoms with Crippen LogP contribution in [0.3, 0.4) is 0 Å². The number of rotatable bonds is 6. The highest BCUT2D eigenvalue weighted by Crippen LogP contribution is 2.28. The Bertz CT molecular complexity index is 394. The van der Waals surface area contributed by atoms with Gasteiger partial charge >= 0.3 is 0 Å². The van der Waals surface area contributed by atoms with E-state index >= 15 is 0 Å². The summed E-state index contributed by atoms with van der Waals surface area (Å²) < 4.78 is 5.04. The lowest BCUT2D eigenvalue weighted by molar-refractivity contribution is -0.384. The van der Waals surface area contributed by atoms with E-state index in [1.807, 2.05) is 19.0 Å². The van der Waals surface area contributed by atoms with Crippen molar-refractivity contribution < 1.29 is 9.66 Å². The standard InChI is InChI=1S/C11H17N3O3/c1-13(2)7-6-12-10-8-9(17-3)4-5-11(10)14(15)16/h4-5,8,12H,6-7H2,1-3H3. The van der Waals surface area contributed by atoms with Crippen molar-refractivity contribution in [1.29, 1.82) is 0 Å². The molecule has 0 amide bonds. The molecule has 1 rings (SSSR count). The molecule has 0 radical (unpaired) electrons. The minimum atomic E-state index is -0.405. The van der Waals surface area contributed by atoms with E-state index in [0.29, 0.717) is 18.0 Å². The van der Waals surface area contributed by atoms with Gasteiger partial charge in [0.15, 0.2) is 0 Å². The summed E-state index contributed by atoms with van der Waals surface area (Å²) in [4.78, 5) is 12.4. The number of nitrogens with zero attached hydrogens (tertiary/aromatic N) is 2. The van der Waals surface area contributed by atoms with Crippen LogP contribution in [-0.2, 0) is 0 Å². The Morgan fingerprint density at radius 1 is 1.47 bits per heavy atom. The van der Waals surface area contributed by atoms with E-state index < -0.39 is 4.92 Å². The van der Waals surface area contributed by atoms with Crippen LogP contribution < -0.4 is 10.1 Å². The molecule has 0 unspecified atom stereocenters. The van der Waals surface area contributed by atoms with Gasteiger partial charge in [0.1, 0.15) is 11.4 Å². The largest absolute Gasteiger partial charge is 0.497 e. The van der Waals surface area contributed by atoms with Crippen molar-refractivity contribution in [2.45, 2.75) is 0 Å². The topological polar surface area (TPSA) is 67.6 Å². The summed E-state index contributed by atoms with van der Waals surface area (Å²) in [6.45, 7) is 1.44. The predicted octanol–water partition coefficient (Wildman–Crippen LogP) is 1.58. The average Bonchev–Trinajstić information content (AvgIpc) is 2.28. The van der Waals surface area contributed by atoms with Crippen LogP contribution in [0.5, 0.6) is 5.75 Å². The van der Waals surface area contributed by atoms with E-state index in [0.717, 1.165) is 6.54 Å². The molecular formula is C11H17N3O3. The molecule has 17 heavy (non-hydrogen) atoms. The van der Waals surface area contributed by atoms with Gasteiger partial charge in [-0.25, -0.2) is 0 Å². The molecule has 0 aliphatic heterocycles. The van der Waals surface area contributed by atoms with Crippen LogP contribution in [0.4, 0.5) is 11.4 Å². The van der Waals surface area contributed by atoms with Gasteiger partial charge in [0, 0.05) is 25.2 Å². The number of anilines is 1. The Morgan fingerprint density at radius 3 is 2.71 bits per heavy atom. The van der Waals surface area contributed by atoms with Crippen LogP contribution in [0.25, 0.3) is 0 Å². The highest BCUT2D eigenvalue weighted by atomic mass is 16.6. The van der Waals surface area contributed by atoms with Gasteiger partial charge in [0.2, 0.25) is 0 Å². The second kappa shape index (κ2) is 6.05. The number of ether oxygens (including phenoxy) is 1. The van der Waals surface area contributed by atoms with Crippen molar-refractivity contribution in [2.24, 2.45) is 0 Å². The highest BCUT2D eigenvalue weighted by molar-refractivity contribution is 5.64. The summed E-state index contributed by atoms with van der Waals surface area (Å²) >= 11 is 0. The minimum Gasteiger partial charge on any atom is -0.497 e. The van der Waals surface area contributed by atoms with Crippen molar-refractivity contribution >= 4 is 11.4 Å². The summed E-state index contributed by atoms with van der Waals surface area (Å²) in [5, 5.41) is 13.9. The summed E-state index contributed by atoms with van der Waals surface area (Å²) in [7, 11) is 5.42. The number of nitro groups is 1. The van der Waals surface area contributed by atoms with Gasteiger partial charge in [0.25, 0.3) is 5.69 Å². The number of nitro benzene ring substituents is 1. The second-order valence-corrected chi connectivity index (χ2v) is 3.87. The molecule has 0 aliphatic carbocycles. The monoisotopic (exact) mass is 239 g/mol. The fraction of sp³-hybridized carbons (Fsp3) is 0.455. The summed E-state index contributed by atoms with van der Waals surface area (Å²) in [6.07, 6.45) is 0. The lowest BCUT2D eigenvalue weighted by atomic mass is 10.2. The molecule has 1 aromatic rings. The predicted molar refractivity (Wildman–Crippen MR) is 66.7 cm³/mol. The maximum Gasteiger partial charge on any atom is 0.292 e. The Labute approximate surface area is 100 Å². The molecule has 94 valence electrons. The molecule has 1 aromatic carbocycles. The average molecular weight is 239 g/mol. The summed E-state index contributed by atoms with van der Waals surface area (Å²) in [5.74, 6) is 0.600. The maximum atomic E-state index is 10.8. The van der Waals surface area contributed by atoms with Gasteiger partial charge in [-0.2, -0.15) is 0 Å². The van der Waals surface area contributed by atoms with E-state index in [2.05, 4.69) is 5.32 Å². The second-order valence-electron chi connectivity index (χ2n) is 3.87. The van der Waals surface area contributed by atoms with Gasteiger partial charge < -0.3 is 15.0 Å². The first kappa shape index (κ1) is 13.2. The molecule has 0 bridgehead atoms. The van der Waals surface area contributed by atoms with Crippen molar-refractivity contribution in [3.63, 3.8) is 0 Å². The summed E-state index contributed by atoms with van der Waals surface area (Å²) in [5.41, 5.74) is 0.542. The van der Waals surface area contributed by atoms with Crippen LogP contribution >= 0.6 is 0 Å². The number of hydrogen-bond donors (Lipinski definition) is 1. The normalized spacial score (nSPS) is 10.4. The lowest BCUT2D eigenvalue weighted by Gasteiger charge is -2.12. The highest BCUT2D eigenvalue weighted by Gasteiger charge is 2.13. The van der Waals surface area contributed by atoms with Crippen molar-refractivity contribution in [3.8, 4) is 5.75 Å². The number of benzene rings is 1. The molecule has 6 nitrogen and oxygen atoms in total. The van der Waals surface area contributed by atoms with E-state index in [1.54, 1.807) is 12.1 Å². The molecule has 0 aliphatic rings. The molecule has 0 fully saturated rings. The van der Waals surface area contributed by atoms with Crippen LogP contribution in [0.1, 0.15) is 0 Å². The zero-order valence-corrected chi connectivity index (χ0v) is 10.3. The fourth-order valence-corrected chi connectivity index (χ4v) is 1.36. The molecule has 0 aromatic heterocycles. The molecule has 0 saturated heterocycles. The Balaban J connectivity index is 2.82. The van der Waals surface area contributed by atoms with Crippen LogP contribution in [-0.4, -0.2) is 44.1 Å². The molecule has 6 heteroatoms. The Hall–Kier alpha value is -1.82. The molecule has 0 saturated carbocycles. The van der Waals surface area contributed by atoms with Crippen molar-refractivity contribution in [1.82, 2.24) is 4.90 Å². The number of hydrogen-bond acceptors (Lipinski definition) is 5. The summed E-state index contributed by atoms with van der Waals surface area (Å²) in [6, 6.07) is 4.65. The molecule has 0 spiro atoms. The van der Waals surface area contributed by atoms with Crippen LogP contribution in [0, 0.1) is 10.1 Å². The van der Waals surface area contributed by atoms with Crippen molar-refractivity contribution in [3.05, 3.63) is 28.3 Å². The lowest BCUT2D eigenvalue weighted by Crippen LogP contribution is -2.21. The smallest absolute Gasteiger partial charge is 0.292 e. The molecule has 1 N–H and O–H groups in total. The maximum absolute atomic E-state index is 10.8. The van der Waals surface area contributed by atoms with E-state index in [-0.39, 0.29) is 5.69 Å². The van der Waals surface area contributed by atoms with E-state index in [9.17, 15) is 10.1 Å². The molecular weight excluding hydrogens is 222 g/mol. The van der Waals surface area contributed by atoms with Crippen LogP contribution in [0.15, 0.2) is 18.2 Å². The van der Waals surface area contributed by atoms with Gasteiger partial charge in [-0.1, -0.05) is 0 Å². The SMILES string of the molecule is COc1ccc([N+](=O)[O-])c(NCCN(C)C)c1. The van der Waals surface area contributed by atoms with Crippen molar-refractivity contribution in [2.75, 3.05) is 39.6 Å². The van der Waals surface area contributed by atoms with Gasteiger partial charge in [-0.3, -0.25) is 10.1 Å². The molecule has 0 heterocycles. The first-order valence-electron chi connectivity index (χ1n) is 5.25. The first-order valence-corrected chi connectivity index (χ1v) is 5.25. The van der Waals surface area contributed by atoms with E-state index in [4.69, 9.17) is 4.74 Å². The zero-order valence-electron chi connectivity index (χ0n) is 10.3. The molecule has 0 atom stereocenters.